The third-order valence-electron chi connectivity index (χ3n) is 6.59. The van der Waals surface area contributed by atoms with Crippen LogP contribution < -0.4 is 4.90 Å². The van der Waals surface area contributed by atoms with E-state index in [9.17, 15) is 27.6 Å². The Balaban J connectivity index is 1.77. The van der Waals surface area contributed by atoms with Crippen molar-refractivity contribution in [2.75, 3.05) is 11.5 Å². The van der Waals surface area contributed by atoms with Gasteiger partial charge in [0.1, 0.15) is 0 Å². The number of benzene rings is 1. The minimum atomic E-state index is -4.84. The SMILES string of the molecule is CCOC(=O)[C@@H]1C[C@@]2(C)O[C@@]1(C)[C@@H]1C(=O)N(c3ccc(C#N)c(C(F)(F)F)c3)C(=O)[C@@H]12. The number of amides is 2. The van der Waals surface area contributed by atoms with Gasteiger partial charge in [0.15, 0.2) is 0 Å². The molecule has 3 saturated heterocycles. The molecule has 3 aliphatic rings. The Bertz CT molecular complexity index is 1050. The van der Waals surface area contributed by atoms with E-state index in [2.05, 4.69) is 0 Å². The summed E-state index contributed by atoms with van der Waals surface area (Å²) in [6.07, 6.45) is -4.67. The molecule has 5 atom stereocenters. The molecule has 3 heterocycles. The predicted octanol–water partition coefficient (Wildman–Crippen LogP) is 2.81. The number of carbonyl (C=O) groups is 3. The normalized spacial score (nSPS) is 34.1. The van der Waals surface area contributed by atoms with Crippen molar-refractivity contribution >= 4 is 23.5 Å². The summed E-state index contributed by atoms with van der Waals surface area (Å²) in [5.74, 6) is -4.68. The fraction of sp³-hybridized carbons (Fsp3) is 0.524. The van der Waals surface area contributed by atoms with Gasteiger partial charge in [-0.25, -0.2) is 4.90 Å². The van der Waals surface area contributed by atoms with Gasteiger partial charge in [-0.3, -0.25) is 14.4 Å². The first-order chi connectivity index (χ1) is 14.4. The Kier molecular flexibility index (Phi) is 4.49. The number of hydrogen-bond donors (Lipinski definition) is 0. The van der Waals surface area contributed by atoms with Gasteiger partial charge in [0.05, 0.1) is 58.4 Å². The maximum atomic E-state index is 13.4. The van der Waals surface area contributed by atoms with Gasteiger partial charge in [0.25, 0.3) is 0 Å². The molecule has 164 valence electrons. The second kappa shape index (κ2) is 6.53. The zero-order chi connectivity index (χ0) is 22.9. The van der Waals surface area contributed by atoms with Crippen LogP contribution >= 0.6 is 0 Å². The fourth-order valence-corrected chi connectivity index (χ4v) is 5.37. The topological polar surface area (TPSA) is 96.7 Å². The van der Waals surface area contributed by atoms with Crippen molar-refractivity contribution in [3.8, 4) is 6.07 Å². The van der Waals surface area contributed by atoms with E-state index in [0.29, 0.717) is 6.07 Å². The minimum Gasteiger partial charge on any atom is -0.466 e. The van der Waals surface area contributed by atoms with Crippen LogP contribution in [0.1, 0.15) is 38.3 Å². The van der Waals surface area contributed by atoms with Crippen LogP contribution in [0.5, 0.6) is 0 Å². The van der Waals surface area contributed by atoms with Crippen LogP contribution in [-0.2, 0) is 30.0 Å². The zero-order valence-corrected chi connectivity index (χ0v) is 16.9. The molecule has 0 radical (unpaired) electrons. The van der Waals surface area contributed by atoms with Crippen molar-refractivity contribution in [2.45, 2.75) is 44.6 Å². The van der Waals surface area contributed by atoms with E-state index in [0.717, 1.165) is 17.0 Å². The standard InChI is InChI=1S/C21H19F3N2O5/c1-4-30-18(29)13-8-19(2)14-15(20(13,3)31-19)17(28)26(16(14)27)11-6-5-10(9-25)12(7-11)21(22,23)24/h5-7,13-15H,4,8H2,1-3H3/t13-,14+,15-,19+,20+/m0/s1. The van der Waals surface area contributed by atoms with E-state index in [1.54, 1.807) is 20.8 Å². The summed E-state index contributed by atoms with van der Waals surface area (Å²) < 4.78 is 51.3. The summed E-state index contributed by atoms with van der Waals surface area (Å²) >= 11 is 0. The van der Waals surface area contributed by atoms with Gasteiger partial charge in [-0.05, 0) is 45.4 Å². The second-order valence-electron chi connectivity index (χ2n) is 8.41. The minimum absolute atomic E-state index is 0.140. The number of esters is 1. The number of rotatable bonds is 3. The van der Waals surface area contributed by atoms with Crippen molar-refractivity contribution in [1.29, 1.82) is 5.26 Å². The Labute approximate surface area is 175 Å². The van der Waals surface area contributed by atoms with Crippen LogP contribution in [0.25, 0.3) is 0 Å². The van der Waals surface area contributed by atoms with E-state index in [1.165, 1.54) is 6.07 Å². The van der Waals surface area contributed by atoms with Crippen molar-refractivity contribution < 1.29 is 37.0 Å². The summed E-state index contributed by atoms with van der Waals surface area (Å²) in [5.41, 5.74) is -4.55. The van der Waals surface area contributed by atoms with Crippen LogP contribution in [0.2, 0.25) is 0 Å². The summed E-state index contributed by atoms with van der Waals surface area (Å²) in [6, 6.07) is 4.17. The molecule has 31 heavy (non-hydrogen) atoms. The van der Waals surface area contributed by atoms with Gasteiger partial charge >= 0.3 is 12.1 Å². The lowest BCUT2D eigenvalue weighted by Gasteiger charge is -2.33. The molecule has 0 aliphatic carbocycles. The number of imide groups is 1. The second-order valence-corrected chi connectivity index (χ2v) is 8.41. The van der Waals surface area contributed by atoms with Gasteiger partial charge in [-0.15, -0.1) is 0 Å². The number of carbonyl (C=O) groups excluding carboxylic acids is 3. The molecule has 0 N–H and O–H groups in total. The predicted molar refractivity (Wildman–Crippen MR) is 98.3 cm³/mol. The van der Waals surface area contributed by atoms with Gasteiger partial charge < -0.3 is 9.47 Å². The van der Waals surface area contributed by atoms with Crippen LogP contribution in [0.3, 0.4) is 0 Å². The Morgan fingerprint density at radius 1 is 1.29 bits per heavy atom. The first-order valence-corrected chi connectivity index (χ1v) is 9.75. The van der Waals surface area contributed by atoms with Crippen LogP contribution in [0.4, 0.5) is 18.9 Å². The molecule has 3 fully saturated rings. The Hall–Kier alpha value is -2.93. The number of halogens is 3. The number of alkyl halides is 3. The smallest absolute Gasteiger partial charge is 0.417 e. The molecule has 7 nitrogen and oxygen atoms in total. The molecule has 0 spiro atoms. The van der Waals surface area contributed by atoms with E-state index in [-0.39, 0.29) is 18.7 Å². The van der Waals surface area contributed by atoms with E-state index in [4.69, 9.17) is 14.7 Å². The fourth-order valence-electron chi connectivity index (χ4n) is 5.37. The number of hydrogen-bond acceptors (Lipinski definition) is 6. The average Bonchev–Trinajstić information content (AvgIpc) is 3.22. The Morgan fingerprint density at radius 3 is 2.52 bits per heavy atom. The number of nitrogens with zero attached hydrogens (tertiary/aromatic N) is 2. The highest BCUT2D eigenvalue weighted by molar-refractivity contribution is 6.23. The van der Waals surface area contributed by atoms with E-state index in [1.807, 2.05) is 0 Å². The number of anilines is 1. The lowest BCUT2D eigenvalue weighted by atomic mass is 9.64. The van der Waals surface area contributed by atoms with Crippen LogP contribution in [0, 0.1) is 29.1 Å². The zero-order valence-electron chi connectivity index (χ0n) is 16.9. The van der Waals surface area contributed by atoms with Crippen molar-refractivity contribution in [2.24, 2.45) is 17.8 Å². The number of fused-ring (bicyclic) bond motifs is 5. The van der Waals surface area contributed by atoms with E-state index < -0.39 is 64.0 Å². The van der Waals surface area contributed by atoms with E-state index >= 15 is 0 Å². The van der Waals surface area contributed by atoms with Crippen LogP contribution in [-0.4, -0.2) is 35.6 Å². The van der Waals surface area contributed by atoms with Gasteiger partial charge in [0.2, 0.25) is 11.8 Å². The lowest BCUT2D eigenvalue weighted by molar-refractivity contribution is -0.156. The van der Waals surface area contributed by atoms with Gasteiger partial charge in [-0.1, -0.05) is 0 Å². The highest BCUT2D eigenvalue weighted by Gasteiger charge is 2.77. The maximum absolute atomic E-state index is 13.4. The summed E-state index contributed by atoms with van der Waals surface area (Å²) in [6.45, 7) is 4.98. The number of ether oxygens (including phenoxy) is 2. The first kappa shape index (κ1) is 21.3. The van der Waals surface area contributed by atoms with Gasteiger partial charge in [-0.2, -0.15) is 18.4 Å². The highest BCUT2D eigenvalue weighted by atomic mass is 19.4. The molecule has 1 aromatic rings. The Morgan fingerprint density at radius 2 is 1.94 bits per heavy atom. The molecular weight excluding hydrogens is 417 g/mol. The summed E-state index contributed by atoms with van der Waals surface area (Å²) in [4.78, 5) is 39.7. The molecule has 2 amide bonds. The molecule has 0 unspecified atom stereocenters. The lowest BCUT2D eigenvalue weighted by Crippen LogP contribution is -2.49. The summed E-state index contributed by atoms with van der Waals surface area (Å²) in [5, 5.41) is 8.99. The third-order valence-corrected chi connectivity index (χ3v) is 6.59. The summed E-state index contributed by atoms with van der Waals surface area (Å²) in [7, 11) is 0. The molecule has 10 heteroatoms. The molecular formula is C21H19F3N2O5. The average molecular weight is 436 g/mol. The van der Waals surface area contributed by atoms with Crippen molar-refractivity contribution in [3.63, 3.8) is 0 Å². The monoisotopic (exact) mass is 436 g/mol. The van der Waals surface area contributed by atoms with Gasteiger partial charge in [0, 0.05) is 0 Å². The largest absolute Gasteiger partial charge is 0.466 e. The van der Waals surface area contributed by atoms with Crippen molar-refractivity contribution in [1.82, 2.24) is 0 Å². The molecule has 3 aliphatic heterocycles. The quantitative estimate of drug-likeness (QED) is 0.534. The molecule has 0 saturated carbocycles. The van der Waals surface area contributed by atoms with Crippen molar-refractivity contribution in [3.05, 3.63) is 29.3 Å². The number of nitriles is 1. The molecule has 4 rings (SSSR count). The molecule has 0 aromatic heterocycles. The molecule has 2 bridgehead atoms. The van der Waals surface area contributed by atoms with Crippen LogP contribution in [0.15, 0.2) is 18.2 Å². The third kappa shape index (κ3) is 2.79. The first-order valence-electron chi connectivity index (χ1n) is 9.75. The highest BCUT2D eigenvalue weighted by Crippen LogP contribution is 2.63. The molecule has 1 aromatic carbocycles. The maximum Gasteiger partial charge on any atom is 0.417 e.